The molecule has 1 amide bonds. The number of methoxy groups -OCH3 is 1. The lowest BCUT2D eigenvalue weighted by molar-refractivity contribution is -0.140. The first-order chi connectivity index (χ1) is 18.3. The molecule has 5 nitrogen and oxygen atoms in total. The van der Waals surface area contributed by atoms with E-state index in [0.717, 1.165) is 48.9 Å². The Morgan fingerprint density at radius 3 is 2.11 bits per heavy atom. The second kappa shape index (κ2) is 12.3. The fourth-order valence-corrected chi connectivity index (χ4v) is 5.56. The summed E-state index contributed by atoms with van der Waals surface area (Å²) < 4.78 is 4.78. The first-order valence-electron chi connectivity index (χ1n) is 13.6. The molecule has 3 aromatic carbocycles. The highest BCUT2D eigenvalue weighted by Crippen LogP contribution is 2.41. The average molecular weight is 513 g/mol. The minimum Gasteiger partial charge on any atom is -0.469 e. The van der Waals surface area contributed by atoms with E-state index in [-0.39, 0.29) is 11.9 Å². The van der Waals surface area contributed by atoms with Crippen molar-refractivity contribution in [3.63, 3.8) is 0 Å². The van der Waals surface area contributed by atoms with Gasteiger partial charge in [0.05, 0.1) is 12.5 Å². The first-order valence-corrected chi connectivity index (χ1v) is 13.6. The molecular weight excluding hydrogens is 472 g/mol. The van der Waals surface area contributed by atoms with Crippen LogP contribution in [0.4, 0.5) is 11.4 Å². The van der Waals surface area contributed by atoms with Crippen LogP contribution >= 0.6 is 0 Å². The van der Waals surface area contributed by atoms with Gasteiger partial charge in [-0.05, 0) is 84.7 Å². The van der Waals surface area contributed by atoms with Gasteiger partial charge in [-0.2, -0.15) is 0 Å². The Morgan fingerprint density at radius 1 is 0.868 bits per heavy atom. The maximum atomic E-state index is 13.8. The van der Waals surface area contributed by atoms with Gasteiger partial charge in [-0.25, -0.2) is 0 Å². The number of rotatable bonds is 9. The fraction of sp³-hybridized carbons (Fsp3) is 0.394. The number of carbonyl (C=O) groups is 2. The minimum absolute atomic E-state index is 0.102. The van der Waals surface area contributed by atoms with Crippen molar-refractivity contribution in [1.82, 2.24) is 0 Å². The van der Waals surface area contributed by atoms with Gasteiger partial charge in [0, 0.05) is 31.9 Å². The molecule has 5 heteroatoms. The van der Waals surface area contributed by atoms with E-state index in [0.29, 0.717) is 12.8 Å². The van der Waals surface area contributed by atoms with Gasteiger partial charge in [0.2, 0.25) is 5.91 Å². The summed E-state index contributed by atoms with van der Waals surface area (Å²) >= 11 is 0. The third-order valence-corrected chi connectivity index (χ3v) is 7.75. The number of aryl methyl sites for hydroxylation is 2. The van der Waals surface area contributed by atoms with Gasteiger partial charge in [0.1, 0.15) is 0 Å². The predicted octanol–water partition coefficient (Wildman–Crippen LogP) is 6.97. The zero-order valence-corrected chi connectivity index (χ0v) is 23.2. The summed E-state index contributed by atoms with van der Waals surface area (Å²) in [4.78, 5) is 27.5. The summed E-state index contributed by atoms with van der Waals surface area (Å²) in [5, 5.41) is 3.25. The van der Waals surface area contributed by atoms with Crippen LogP contribution < -0.4 is 10.2 Å². The summed E-state index contributed by atoms with van der Waals surface area (Å²) in [6.45, 7) is 2.02. The molecule has 38 heavy (non-hydrogen) atoms. The number of hydrogen-bond donors (Lipinski definition) is 1. The van der Waals surface area contributed by atoms with E-state index in [1.807, 2.05) is 33.2 Å². The molecule has 0 saturated heterocycles. The Hall–Kier alpha value is -3.60. The predicted molar refractivity (Wildman–Crippen MR) is 156 cm³/mol. The summed E-state index contributed by atoms with van der Waals surface area (Å²) in [7, 11) is 5.50. The summed E-state index contributed by atoms with van der Waals surface area (Å²) in [5.41, 5.74) is 7.22. The zero-order chi connectivity index (χ0) is 27.1. The normalized spacial score (nSPS) is 14.5. The van der Waals surface area contributed by atoms with E-state index in [1.54, 1.807) is 0 Å². The van der Waals surface area contributed by atoms with E-state index in [1.165, 1.54) is 35.9 Å². The molecule has 0 atom stereocenters. The number of benzene rings is 3. The molecule has 0 unspecified atom stereocenters. The van der Waals surface area contributed by atoms with Crippen LogP contribution in [0.5, 0.6) is 0 Å². The minimum atomic E-state index is -0.414. The SMILES string of the molecule is COC(=O)CCc1cc(C)cc(NC(=O)C2(Cc3ccc(-c4ccc(N(C)C)cc4)cc3)CCCCC2)c1. The summed E-state index contributed by atoms with van der Waals surface area (Å²) in [6, 6.07) is 23.3. The summed E-state index contributed by atoms with van der Waals surface area (Å²) in [6.07, 6.45) is 6.77. The third kappa shape index (κ3) is 6.83. The molecule has 1 N–H and O–H groups in total. The number of hydrogen-bond acceptors (Lipinski definition) is 4. The van der Waals surface area contributed by atoms with Crippen LogP contribution in [0.3, 0.4) is 0 Å². The molecule has 0 bridgehead atoms. The van der Waals surface area contributed by atoms with Gasteiger partial charge in [-0.1, -0.05) is 61.7 Å². The monoisotopic (exact) mass is 512 g/mol. The van der Waals surface area contributed by atoms with Crippen LogP contribution in [-0.2, 0) is 27.2 Å². The smallest absolute Gasteiger partial charge is 0.305 e. The lowest BCUT2D eigenvalue weighted by atomic mass is 9.69. The molecular formula is C33H40N2O3. The van der Waals surface area contributed by atoms with Gasteiger partial charge in [-0.3, -0.25) is 9.59 Å². The van der Waals surface area contributed by atoms with E-state index < -0.39 is 5.41 Å². The van der Waals surface area contributed by atoms with Crippen LogP contribution in [0.2, 0.25) is 0 Å². The number of nitrogens with zero attached hydrogens (tertiary/aromatic N) is 1. The molecule has 1 aliphatic carbocycles. The molecule has 1 aliphatic rings. The van der Waals surface area contributed by atoms with Crippen molar-refractivity contribution in [2.75, 3.05) is 31.4 Å². The van der Waals surface area contributed by atoms with Crippen LogP contribution in [0.15, 0.2) is 66.7 Å². The number of anilines is 2. The molecule has 200 valence electrons. The first kappa shape index (κ1) is 27.4. The lowest BCUT2D eigenvalue weighted by Crippen LogP contribution is -2.40. The van der Waals surface area contributed by atoms with Gasteiger partial charge in [0.25, 0.3) is 0 Å². The fourth-order valence-electron chi connectivity index (χ4n) is 5.56. The molecule has 3 aromatic rings. The molecule has 4 rings (SSSR count). The van der Waals surface area contributed by atoms with Crippen molar-refractivity contribution in [2.24, 2.45) is 5.41 Å². The van der Waals surface area contributed by atoms with E-state index in [9.17, 15) is 9.59 Å². The highest BCUT2D eigenvalue weighted by Gasteiger charge is 2.39. The van der Waals surface area contributed by atoms with Crippen LogP contribution in [0, 0.1) is 12.3 Å². The lowest BCUT2D eigenvalue weighted by Gasteiger charge is -2.36. The molecule has 0 heterocycles. The number of amides is 1. The van der Waals surface area contributed by atoms with Gasteiger partial charge in [-0.15, -0.1) is 0 Å². The van der Waals surface area contributed by atoms with E-state index >= 15 is 0 Å². The average Bonchev–Trinajstić information content (AvgIpc) is 2.92. The molecule has 0 spiro atoms. The van der Waals surface area contributed by atoms with Gasteiger partial charge < -0.3 is 15.0 Å². The Bertz CT molecular complexity index is 1240. The van der Waals surface area contributed by atoms with Crippen molar-refractivity contribution in [2.45, 2.75) is 58.3 Å². The Labute approximate surface area is 227 Å². The van der Waals surface area contributed by atoms with Crippen molar-refractivity contribution in [3.05, 3.63) is 83.4 Å². The van der Waals surface area contributed by atoms with E-state index in [4.69, 9.17) is 4.74 Å². The number of ether oxygens (including phenoxy) is 1. The summed E-state index contributed by atoms with van der Waals surface area (Å²) in [5.74, 6) is -0.125. The Balaban J connectivity index is 1.49. The van der Waals surface area contributed by atoms with Crippen molar-refractivity contribution >= 4 is 23.3 Å². The topological polar surface area (TPSA) is 58.6 Å². The highest BCUT2D eigenvalue weighted by atomic mass is 16.5. The molecule has 1 fully saturated rings. The third-order valence-electron chi connectivity index (χ3n) is 7.75. The molecule has 0 aromatic heterocycles. The molecule has 0 radical (unpaired) electrons. The second-order valence-corrected chi connectivity index (χ2v) is 10.9. The number of esters is 1. The number of carbonyl (C=O) groups excluding carboxylic acids is 2. The van der Waals surface area contributed by atoms with E-state index in [2.05, 4.69) is 64.8 Å². The van der Waals surface area contributed by atoms with Crippen LogP contribution in [0.25, 0.3) is 11.1 Å². The van der Waals surface area contributed by atoms with Crippen LogP contribution in [0.1, 0.15) is 55.2 Å². The second-order valence-electron chi connectivity index (χ2n) is 10.9. The highest BCUT2D eigenvalue weighted by molar-refractivity contribution is 5.95. The zero-order valence-electron chi connectivity index (χ0n) is 23.2. The van der Waals surface area contributed by atoms with Gasteiger partial charge in [0.15, 0.2) is 0 Å². The largest absolute Gasteiger partial charge is 0.469 e. The van der Waals surface area contributed by atoms with Gasteiger partial charge >= 0.3 is 5.97 Å². The van der Waals surface area contributed by atoms with Crippen molar-refractivity contribution in [3.8, 4) is 11.1 Å². The number of nitrogens with one attached hydrogen (secondary N) is 1. The maximum Gasteiger partial charge on any atom is 0.305 e. The standard InChI is InChI=1S/C33H40N2O3/c1-24-20-26(10-17-31(36)38-4)22-29(21-24)34-32(37)33(18-6-5-7-19-33)23-25-8-11-27(12-9-25)28-13-15-30(16-14-28)35(2)3/h8-9,11-16,20-22H,5-7,10,17-19,23H2,1-4H3,(H,34,37). The maximum absolute atomic E-state index is 13.8. The molecule has 1 saturated carbocycles. The Morgan fingerprint density at radius 2 is 1.50 bits per heavy atom. The van der Waals surface area contributed by atoms with Crippen LogP contribution in [-0.4, -0.2) is 33.1 Å². The quantitative estimate of drug-likeness (QED) is 0.315. The van der Waals surface area contributed by atoms with Crippen molar-refractivity contribution < 1.29 is 14.3 Å². The Kier molecular flexibility index (Phi) is 8.88. The molecule has 0 aliphatic heterocycles. The van der Waals surface area contributed by atoms with Crippen molar-refractivity contribution in [1.29, 1.82) is 0 Å².